The molecule has 154 valence electrons. The van der Waals surface area contributed by atoms with Gasteiger partial charge in [-0.15, -0.1) is 0 Å². The lowest BCUT2D eigenvalue weighted by Crippen LogP contribution is -2.05. The summed E-state index contributed by atoms with van der Waals surface area (Å²) in [6, 6.07) is 25.8. The second-order valence-corrected chi connectivity index (χ2v) is 7.07. The van der Waals surface area contributed by atoms with Gasteiger partial charge in [0.15, 0.2) is 11.4 Å². The van der Waals surface area contributed by atoms with Crippen LogP contribution >= 0.6 is 0 Å². The fourth-order valence-electron chi connectivity index (χ4n) is 3.28. The van der Waals surface area contributed by atoms with Gasteiger partial charge in [-0.1, -0.05) is 54.6 Å². The molecule has 32 heavy (non-hydrogen) atoms. The molecule has 0 saturated heterocycles. The van der Waals surface area contributed by atoms with E-state index in [1.165, 1.54) is 0 Å². The smallest absolute Gasteiger partial charge is 0.363 e. The van der Waals surface area contributed by atoms with Crippen LogP contribution in [0.5, 0.6) is 0 Å². The predicted molar refractivity (Wildman–Crippen MR) is 121 cm³/mol. The molecule has 0 radical (unpaired) electrons. The lowest BCUT2D eigenvalue weighted by molar-refractivity contribution is -0.130. The first-order valence-electron chi connectivity index (χ1n) is 9.92. The average molecular weight is 420 g/mol. The summed E-state index contributed by atoms with van der Waals surface area (Å²) in [5.74, 6) is -0.471. The van der Waals surface area contributed by atoms with Gasteiger partial charge in [0, 0.05) is 11.1 Å². The van der Waals surface area contributed by atoms with E-state index in [9.17, 15) is 9.59 Å². The van der Waals surface area contributed by atoms with Gasteiger partial charge in [0.2, 0.25) is 11.8 Å². The number of nitrogens with zero attached hydrogens (tertiary/aromatic N) is 2. The van der Waals surface area contributed by atoms with Crippen LogP contribution in [0.2, 0.25) is 0 Å². The summed E-state index contributed by atoms with van der Waals surface area (Å²) in [6.07, 6.45) is 3.29. The Morgan fingerprint density at radius 1 is 0.562 bits per heavy atom. The third-order valence-corrected chi connectivity index (χ3v) is 4.80. The second-order valence-electron chi connectivity index (χ2n) is 7.07. The lowest BCUT2D eigenvalue weighted by atomic mass is 10.1. The number of esters is 2. The van der Waals surface area contributed by atoms with Crippen molar-refractivity contribution >= 4 is 35.9 Å². The molecule has 0 aromatic heterocycles. The molecule has 0 N–H and O–H groups in total. The summed E-state index contributed by atoms with van der Waals surface area (Å²) in [5.41, 5.74) is 3.35. The van der Waals surface area contributed by atoms with Gasteiger partial charge in [0.05, 0.1) is 0 Å². The van der Waals surface area contributed by atoms with E-state index in [1.807, 2.05) is 84.9 Å². The molecule has 3 aromatic rings. The molecule has 0 amide bonds. The minimum Gasteiger partial charge on any atom is -0.402 e. The number of cyclic esters (lactones) is 2. The summed E-state index contributed by atoms with van der Waals surface area (Å²) < 4.78 is 10.6. The van der Waals surface area contributed by atoms with Crippen molar-refractivity contribution in [1.82, 2.24) is 0 Å². The maximum absolute atomic E-state index is 12.2. The Balaban J connectivity index is 1.42. The predicted octanol–water partition coefficient (Wildman–Crippen LogP) is 4.38. The number of benzene rings is 3. The first kappa shape index (κ1) is 19.4. The zero-order valence-electron chi connectivity index (χ0n) is 16.8. The van der Waals surface area contributed by atoms with E-state index in [4.69, 9.17) is 9.47 Å². The van der Waals surface area contributed by atoms with Crippen molar-refractivity contribution in [2.75, 3.05) is 0 Å². The molecule has 6 nitrogen and oxygen atoms in total. The molecule has 5 rings (SSSR count). The van der Waals surface area contributed by atoms with Crippen molar-refractivity contribution in [3.05, 3.63) is 119 Å². The zero-order valence-corrected chi connectivity index (χ0v) is 16.8. The molecule has 0 unspecified atom stereocenters. The Labute approximate surface area is 183 Å². The highest BCUT2D eigenvalue weighted by Gasteiger charge is 2.25. The second kappa shape index (κ2) is 8.28. The Bertz CT molecular complexity index is 1240. The number of carbonyl (C=O) groups is 2. The molecular formula is C26H16N2O4. The quantitative estimate of drug-likeness (QED) is 0.464. The van der Waals surface area contributed by atoms with Crippen LogP contribution in [0.4, 0.5) is 0 Å². The molecule has 0 spiro atoms. The maximum Gasteiger partial charge on any atom is 0.363 e. The molecule has 3 aromatic carbocycles. The number of carbonyl (C=O) groups excluding carboxylic acids is 2. The van der Waals surface area contributed by atoms with Crippen molar-refractivity contribution in [2.45, 2.75) is 0 Å². The van der Waals surface area contributed by atoms with Crippen molar-refractivity contribution < 1.29 is 19.1 Å². The Morgan fingerprint density at radius 3 is 1.44 bits per heavy atom. The van der Waals surface area contributed by atoms with Crippen molar-refractivity contribution in [3.8, 4) is 0 Å². The molecule has 0 atom stereocenters. The van der Waals surface area contributed by atoms with Crippen LogP contribution < -0.4 is 0 Å². The fourth-order valence-corrected chi connectivity index (χ4v) is 3.28. The van der Waals surface area contributed by atoms with Crippen LogP contribution in [0.3, 0.4) is 0 Å². The third kappa shape index (κ3) is 4.02. The van der Waals surface area contributed by atoms with Crippen molar-refractivity contribution in [2.24, 2.45) is 9.98 Å². The largest absolute Gasteiger partial charge is 0.402 e. The summed E-state index contributed by atoms with van der Waals surface area (Å²) in [4.78, 5) is 33.1. The number of hydrogen-bond donors (Lipinski definition) is 0. The summed E-state index contributed by atoms with van der Waals surface area (Å²) >= 11 is 0. The lowest BCUT2D eigenvalue weighted by Gasteiger charge is -1.98. The molecule has 2 heterocycles. The highest BCUT2D eigenvalue weighted by atomic mass is 16.6. The average Bonchev–Trinajstić information content (AvgIpc) is 3.37. The first-order chi connectivity index (χ1) is 15.7. The molecule has 2 aliphatic heterocycles. The third-order valence-electron chi connectivity index (χ3n) is 4.80. The van der Waals surface area contributed by atoms with Gasteiger partial charge in [-0.2, -0.15) is 0 Å². The van der Waals surface area contributed by atoms with E-state index in [0.717, 1.165) is 22.3 Å². The monoisotopic (exact) mass is 420 g/mol. The van der Waals surface area contributed by atoms with Crippen LogP contribution in [0.1, 0.15) is 22.3 Å². The van der Waals surface area contributed by atoms with E-state index in [-0.39, 0.29) is 23.2 Å². The van der Waals surface area contributed by atoms with E-state index < -0.39 is 11.9 Å². The van der Waals surface area contributed by atoms with Gasteiger partial charge >= 0.3 is 11.9 Å². The topological polar surface area (TPSA) is 77.3 Å². The van der Waals surface area contributed by atoms with Gasteiger partial charge in [-0.25, -0.2) is 19.6 Å². The van der Waals surface area contributed by atoms with Crippen LogP contribution in [0, 0.1) is 0 Å². The van der Waals surface area contributed by atoms with E-state index in [0.29, 0.717) is 0 Å². The van der Waals surface area contributed by atoms with Gasteiger partial charge in [-0.3, -0.25) is 0 Å². The number of hydrogen-bond acceptors (Lipinski definition) is 6. The van der Waals surface area contributed by atoms with Gasteiger partial charge < -0.3 is 9.47 Å². The number of rotatable bonds is 4. The van der Waals surface area contributed by atoms with Crippen molar-refractivity contribution in [1.29, 1.82) is 0 Å². The normalized spacial score (nSPS) is 17.9. The molecule has 0 saturated carbocycles. The van der Waals surface area contributed by atoms with E-state index in [1.54, 1.807) is 12.2 Å². The van der Waals surface area contributed by atoms with Gasteiger partial charge in [0.1, 0.15) is 0 Å². The maximum atomic E-state index is 12.2. The summed E-state index contributed by atoms with van der Waals surface area (Å²) in [5, 5.41) is 0. The molecule has 0 fully saturated rings. The Hall–Kier alpha value is -4.58. The summed E-state index contributed by atoms with van der Waals surface area (Å²) in [6.45, 7) is 0. The summed E-state index contributed by atoms with van der Waals surface area (Å²) in [7, 11) is 0. The molecule has 0 aliphatic carbocycles. The first-order valence-corrected chi connectivity index (χ1v) is 9.92. The van der Waals surface area contributed by atoms with Crippen LogP contribution in [-0.2, 0) is 19.1 Å². The van der Waals surface area contributed by atoms with Crippen LogP contribution in [0.25, 0.3) is 12.2 Å². The standard InChI is InChI=1S/C26H16N2O4/c29-25-21(27-23(31-25)19-10-3-1-4-11-19)15-17-8-7-9-18(14-17)16-22-26(30)32-24(28-22)20-12-5-2-6-13-20/h1-16H/b21-15-,22-16?. The Kier molecular flexibility index (Phi) is 5.01. The Morgan fingerprint density at radius 2 is 1.00 bits per heavy atom. The molecule has 0 bridgehead atoms. The van der Waals surface area contributed by atoms with Gasteiger partial charge in [0.25, 0.3) is 0 Å². The van der Waals surface area contributed by atoms with Gasteiger partial charge in [-0.05, 0) is 53.6 Å². The molecule has 2 aliphatic rings. The highest BCUT2D eigenvalue weighted by Crippen LogP contribution is 2.22. The minimum atomic E-state index is -0.510. The van der Waals surface area contributed by atoms with Crippen LogP contribution in [0.15, 0.2) is 106 Å². The minimum absolute atomic E-state index is 0.207. The van der Waals surface area contributed by atoms with E-state index in [2.05, 4.69) is 9.98 Å². The highest BCUT2D eigenvalue weighted by molar-refractivity contribution is 6.13. The zero-order chi connectivity index (χ0) is 21.9. The molecular weight excluding hydrogens is 404 g/mol. The SMILES string of the molecule is O=C1OC(c2ccccc2)=NC1=Cc1cccc(/C=C2\N=C(c3ccccc3)OC2=O)c1. The number of aliphatic imine (C=N–C) groups is 2. The molecule has 6 heteroatoms. The van der Waals surface area contributed by atoms with Crippen molar-refractivity contribution in [3.63, 3.8) is 0 Å². The number of ether oxygens (including phenoxy) is 2. The fraction of sp³-hybridized carbons (Fsp3) is 0. The van der Waals surface area contributed by atoms with Crippen LogP contribution in [-0.4, -0.2) is 23.7 Å². The van der Waals surface area contributed by atoms with E-state index >= 15 is 0 Å².